The number of hydrogen-bond donors (Lipinski definition) is 2. The molecule has 1 saturated heterocycles. The number of anilines is 1. The lowest BCUT2D eigenvalue weighted by Gasteiger charge is -2.35. The molecule has 1 aromatic rings. The van der Waals surface area contributed by atoms with E-state index >= 15 is 0 Å². The minimum Gasteiger partial charge on any atom is -0.465 e. The molecule has 7 nitrogen and oxygen atoms in total. The number of carbonyl (C=O) groups is 3. The first-order chi connectivity index (χ1) is 11.3. The van der Waals surface area contributed by atoms with E-state index in [1.54, 1.807) is 30.1 Å². The lowest BCUT2D eigenvalue weighted by molar-refractivity contribution is -0.114. The fourth-order valence-corrected chi connectivity index (χ4v) is 3.14. The van der Waals surface area contributed by atoms with Gasteiger partial charge in [-0.05, 0) is 31.0 Å². The van der Waals surface area contributed by atoms with Crippen molar-refractivity contribution < 1.29 is 19.5 Å². The molecule has 0 aliphatic carbocycles. The number of hydrogen-bond acceptors (Lipinski definition) is 3. The summed E-state index contributed by atoms with van der Waals surface area (Å²) in [5.41, 5.74) is 0.894. The molecule has 0 saturated carbocycles. The van der Waals surface area contributed by atoms with Crippen LogP contribution in [-0.2, 0) is 4.79 Å². The maximum absolute atomic E-state index is 12.8. The van der Waals surface area contributed by atoms with Crippen molar-refractivity contribution in [3.05, 3.63) is 28.2 Å². The van der Waals surface area contributed by atoms with E-state index in [1.165, 1.54) is 11.8 Å². The Morgan fingerprint density at radius 1 is 1.29 bits per heavy atom. The molecule has 24 heavy (non-hydrogen) atoms. The van der Waals surface area contributed by atoms with E-state index in [1.807, 2.05) is 0 Å². The third-order valence-corrected chi connectivity index (χ3v) is 4.62. The van der Waals surface area contributed by atoms with Gasteiger partial charge in [0.15, 0.2) is 0 Å². The highest BCUT2D eigenvalue weighted by Gasteiger charge is 2.28. The van der Waals surface area contributed by atoms with Crippen molar-refractivity contribution >= 4 is 39.5 Å². The van der Waals surface area contributed by atoms with Gasteiger partial charge in [-0.1, -0.05) is 15.9 Å². The molecule has 2 rings (SSSR count). The predicted octanol–water partition coefficient (Wildman–Crippen LogP) is 2.62. The second kappa shape index (κ2) is 7.65. The largest absolute Gasteiger partial charge is 0.465 e. The number of nitrogens with one attached hydrogen (secondary N) is 1. The van der Waals surface area contributed by atoms with E-state index in [0.29, 0.717) is 37.2 Å². The molecule has 0 atom stereocenters. The number of likely N-dealkylation sites (tertiary alicyclic amines) is 1. The minimum atomic E-state index is -0.958. The Hall–Kier alpha value is -2.09. The Kier molecular flexibility index (Phi) is 5.82. The molecule has 0 unspecified atom stereocenters. The lowest BCUT2D eigenvalue weighted by atomic mass is 10.0. The van der Waals surface area contributed by atoms with Gasteiger partial charge in [-0.25, -0.2) is 4.79 Å². The van der Waals surface area contributed by atoms with Crippen molar-refractivity contribution in [2.45, 2.75) is 25.8 Å². The summed E-state index contributed by atoms with van der Waals surface area (Å²) < 4.78 is 0.768. The van der Waals surface area contributed by atoms with Gasteiger partial charge in [-0.2, -0.15) is 0 Å². The molecule has 1 aromatic carbocycles. The van der Waals surface area contributed by atoms with Crippen molar-refractivity contribution in [1.29, 1.82) is 0 Å². The summed E-state index contributed by atoms with van der Waals surface area (Å²) in [5.74, 6) is -0.411. The summed E-state index contributed by atoms with van der Waals surface area (Å²) in [4.78, 5) is 38.1. The first-order valence-electron chi connectivity index (χ1n) is 7.61. The SMILES string of the molecule is CC(=O)Nc1cc(Br)ccc1C(=O)N1CCC(N(C)C(=O)O)CC1. The van der Waals surface area contributed by atoms with Crippen LogP contribution in [0.1, 0.15) is 30.1 Å². The normalized spacial score (nSPS) is 15.0. The maximum atomic E-state index is 12.8. The number of carbonyl (C=O) groups excluding carboxylic acids is 2. The molecule has 1 heterocycles. The second-order valence-corrected chi connectivity index (χ2v) is 6.70. The van der Waals surface area contributed by atoms with Gasteiger partial charge >= 0.3 is 6.09 Å². The van der Waals surface area contributed by atoms with Gasteiger partial charge in [-0.15, -0.1) is 0 Å². The van der Waals surface area contributed by atoms with E-state index in [-0.39, 0.29) is 17.9 Å². The minimum absolute atomic E-state index is 0.0775. The fourth-order valence-electron chi connectivity index (χ4n) is 2.78. The molecule has 3 amide bonds. The van der Waals surface area contributed by atoms with Crippen LogP contribution in [0.15, 0.2) is 22.7 Å². The van der Waals surface area contributed by atoms with Gasteiger partial charge in [0.25, 0.3) is 5.91 Å². The first kappa shape index (κ1) is 18.3. The molecule has 8 heteroatoms. The molecule has 2 N–H and O–H groups in total. The smallest absolute Gasteiger partial charge is 0.407 e. The summed E-state index contributed by atoms with van der Waals surface area (Å²) in [6, 6.07) is 5.04. The summed E-state index contributed by atoms with van der Waals surface area (Å²) in [7, 11) is 1.55. The van der Waals surface area contributed by atoms with Crippen LogP contribution in [0.5, 0.6) is 0 Å². The number of nitrogens with zero attached hydrogens (tertiary/aromatic N) is 2. The quantitative estimate of drug-likeness (QED) is 0.819. The zero-order chi connectivity index (χ0) is 17.9. The van der Waals surface area contributed by atoms with Gasteiger partial charge in [-0.3, -0.25) is 9.59 Å². The summed E-state index contributed by atoms with van der Waals surface area (Å²) in [6.45, 7) is 2.36. The van der Waals surface area contributed by atoms with Crippen LogP contribution in [0.4, 0.5) is 10.5 Å². The van der Waals surface area contributed by atoms with Gasteiger partial charge < -0.3 is 20.2 Å². The van der Waals surface area contributed by atoms with Crippen LogP contribution < -0.4 is 5.32 Å². The molecule has 1 aliphatic heterocycles. The number of amides is 3. The van der Waals surface area contributed by atoms with Crippen LogP contribution in [0.25, 0.3) is 0 Å². The lowest BCUT2D eigenvalue weighted by Crippen LogP contribution is -2.47. The number of piperidine rings is 1. The zero-order valence-electron chi connectivity index (χ0n) is 13.6. The Bertz CT molecular complexity index is 657. The Balaban J connectivity index is 2.11. The van der Waals surface area contributed by atoms with Crippen molar-refractivity contribution in [2.24, 2.45) is 0 Å². The van der Waals surface area contributed by atoms with Crippen LogP contribution in [0, 0.1) is 0 Å². The predicted molar refractivity (Wildman–Crippen MR) is 93.2 cm³/mol. The molecular weight excluding hydrogens is 378 g/mol. The van der Waals surface area contributed by atoms with Gasteiger partial charge in [0.2, 0.25) is 5.91 Å². The monoisotopic (exact) mass is 397 g/mol. The molecule has 0 bridgehead atoms. The summed E-state index contributed by atoms with van der Waals surface area (Å²) in [5, 5.41) is 11.7. The Labute approximate surface area is 148 Å². The summed E-state index contributed by atoms with van der Waals surface area (Å²) >= 11 is 3.33. The Morgan fingerprint density at radius 3 is 2.46 bits per heavy atom. The maximum Gasteiger partial charge on any atom is 0.407 e. The second-order valence-electron chi connectivity index (χ2n) is 5.79. The van der Waals surface area contributed by atoms with E-state index in [4.69, 9.17) is 5.11 Å². The van der Waals surface area contributed by atoms with E-state index in [9.17, 15) is 14.4 Å². The van der Waals surface area contributed by atoms with Crippen molar-refractivity contribution in [3.8, 4) is 0 Å². The van der Waals surface area contributed by atoms with Crippen molar-refractivity contribution in [2.75, 3.05) is 25.5 Å². The average molecular weight is 398 g/mol. The highest BCUT2D eigenvalue weighted by Crippen LogP contribution is 2.25. The molecule has 130 valence electrons. The van der Waals surface area contributed by atoms with Gasteiger partial charge in [0.1, 0.15) is 0 Å². The van der Waals surface area contributed by atoms with E-state index < -0.39 is 6.09 Å². The highest BCUT2D eigenvalue weighted by atomic mass is 79.9. The molecule has 1 aliphatic rings. The third-order valence-electron chi connectivity index (χ3n) is 4.12. The highest BCUT2D eigenvalue weighted by molar-refractivity contribution is 9.10. The van der Waals surface area contributed by atoms with Crippen molar-refractivity contribution in [3.63, 3.8) is 0 Å². The standard InChI is InChI=1S/C16H20BrN3O4/c1-10(21)18-14-9-11(17)3-4-13(14)15(22)20-7-5-12(6-8-20)19(2)16(23)24/h3-4,9,12H,5-8H2,1-2H3,(H,18,21)(H,23,24). The fraction of sp³-hybridized carbons (Fsp3) is 0.438. The number of carboxylic acid groups (broad SMARTS) is 1. The first-order valence-corrected chi connectivity index (χ1v) is 8.41. The van der Waals surface area contributed by atoms with E-state index in [2.05, 4.69) is 21.2 Å². The summed E-state index contributed by atoms with van der Waals surface area (Å²) in [6.07, 6.45) is 0.238. The number of rotatable bonds is 3. The van der Waals surface area contributed by atoms with Crippen LogP contribution in [-0.4, -0.2) is 59.0 Å². The topological polar surface area (TPSA) is 90.0 Å². The third kappa shape index (κ3) is 4.25. The number of halogens is 1. The molecule has 0 spiro atoms. The molecule has 0 radical (unpaired) electrons. The van der Waals surface area contributed by atoms with Crippen LogP contribution in [0.3, 0.4) is 0 Å². The molecular formula is C16H20BrN3O4. The van der Waals surface area contributed by atoms with Crippen LogP contribution in [0.2, 0.25) is 0 Å². The van der Waals surface area contributed by atoms with Crippen LogP contribution >= 0.6 is 15.9 Å². The zero-order valence-corrected chi connectivity index (χ0v) is 15.2. The molecule has 1 fully saturated rings. The van der Waals surface area contributed by atoms with Gasteiger partial charge in [0.05, 0.1) is 11.3 Å². The van der Waals surface area contributed by atoms with Crippen molar-refractivity contribution in [1.82, 2.24) is 9.80 Å². The Morgan fingerprint density at radius 2 is 1.92 bits per heavy atom. The number of benzene rings is 1. The average Bonchev–Trinajstić information content (AvgIpc) is 2.53. The molecule has 0 aromatic heterocycles. The van der Waals surface area contributed by atoms with Gasteiger partial charge in [0, 0.05) is 37.6 Å². The van der Waals surface area contributed by atoms with E-state index in [0.717, 1.165) is 4.47 Å².